The summed E-state index contributed by atoms with van der Waals surface area (Å²) in [5, 5.41) is 0.790. The molecule has 0 atom stereocenters. The van der Waals surface area contributed by atoms with Crippen LogP contribution in [0.3, 0.4) is 0 Å². The van der Waals surface area contributed by atoms with Gasteiger partial charge in [-0.15, -0.1) is 0 Å². The van der Waals surface area contributed by atoms with Crippen LogP contribution in [-0.4, -0.2) is 54.1 Å². The molecular formula is C22H26ClN3O2S. The summed E-state index contributed by atoms with van der Waals surface area (Å²) in [4.78, 5) is 21.5. The molecule has 5 nitrogen and oxygen atoms in total. The molecule has 0 unspecified atom stereocenters. The number of aliphatic imine (C=N–C) groups is 1. The molecule has 1 saturated heterocycles. The number of nitrogens with zero attached hydrogens (tertiary/aromatic N) is 3. The van der Waals surface area contributed by atoms with E-state index in [0.29, 0.717) is 4.34 Å². The van der Waals surface area contributed by atoms with Crippen molar-refractivity contribution in [2.75, 3.05) is 32.7 Å². The number of amidine groups is 1. The summed E-state index contributed by atoms with van der Waals surface area (Å²) in [6, 6.07) is 8.03. The lowest BCUT2D eigenvalue weighted by Crippen LogP contribution is -2.51. The number of rotatable bonds is 3. The van der Waals surface area contributed by atoms with Gasteiger partial charge in [0.25, 0.3) is 0 Å². The number of carbonyl (C=O) groups excluding carboxylic acids is 1. The number of carbonyl (C=O) groups is 1. The maximum absolute atomic E-state index is 11.9. The molecule has 0 bridgehead atoms. The number of Topliss-reactive ketones (excluding diaryl/α,β-unsaturated/α-hetero) is 1. The average Bonchev–Trinajstić information content (AvgIpc) is 2.94. The van der Waals surface area contributed by atoms with Crippen molar-refractivity contribution >= 4 is 40.2 Å². The molecule has 154 valence electrons. The second kappa shape index (κ2) is 7.74. The summed E-state index contributed by atoms with van der Waals surface area (Å²) < 4.78 is 6.88. The van der Waals surface area contributed by atoms with Crippen molar-refractivity contribution in [2.24, 2.45) is 10.4 Å². The highest BCUT2D eigenvalue weighted by Gasteiger charge is 2.31. The number of halogens is 1. The van der Waals surface area contributed by atoms with Crippen LogP contribution in [-0.2, 0) is 4.79 Å². The molecule has 1 aromatic heterocycles. The molecule has 29 heavy (non-hydrogen) atoms. The largest absolute Gasteiger partial charge is 0.444 e. The van der Waals surface area contributed by atoms with Crippen molar-refractivity contribution in [1.29, 1.82) is 0 Å². The van der Waals surface area contributed by atoms with E-state index in [9.17, 15) is 4.79 Å². The Morgan fingerprint density at radius 2 is 1.97 bits per heavy atom. The van der Waals surface area contributed by atoms with Crippen LogP contribution in [0.15, 0.2) is 29.3 Å². The van der Waals surface area contributed by atoms with Gasteiger partial charge in [0.15, 0.2) is 10.8 Å². The van der Waals surface area contributed by atoms with E-state index in [1.54, 1.807) is 6.92 Å². The monoisotopic (exact) mass is 431 g/mol. The Kier molecular flexibility index (Phi) is 5.44. The van der Waals surface area contributed by atoms with E-state index >= 15 is 0 Å². The standard InChI is InChI=1S/C22H26ClN3O2S/c1-14-5-6-17-18(11-14)28-21-16(12-19(23)29-21)20(24-17)26-9-7-25(8-10-26)13-22(3,4)15(2)27/h5-6,11-12H,7-10,13H2,1-4H3. The van der Waals surface area contributed by atoms with Crippen molar-refractivity contribution in [3.05, 3.63) is 39.7 Å². The quantitative estimate of drug-likeness (QED) is 0.676. The van der Waals surface area contributed by atoms with Crippen LogP contribution in [0.5, 0.6) is 10.8 Å². The highest BCUT2D eigenvalue weighted by atomic mass is 35.5. The summed E-state index contributed by atoms with van der Waals surface area (Å²) in [6.45, 7) is 12.0. The molecule has 2 aliphatic rings. The third kappa shape index (κ3) is 4.20. The van der Waals surface area contributed by atoms with E-state index in [2.05, 4.69) is 15.9 Å². The molecule has 3 heterocycles. The normalized spacial score (nSPS) is 17.1. The lowest BCUT2D eigenvalue weighted by Gasteiger charge is -2.39. The summed E-state index contributed by atoms with van der Waals surface area (Å²) in [5.74, 6) is 1.91. The number of aryl methyl sites for hydroxylation is 1. The number of ether oxygens (including phenoxy) is 1. The smallest absolute Gasteiger partial charge is 0.193 e. The van der Waals surface area contributed by atoms with Crippen LogP contribution in [0.4, 0.5) is 5.69 Å². The van der Waals surface area contributed by atoms with E-state index in [1.807, 2.05) is 39.0 Å². The van der Waals surface area contributed by atoms with Gasteiger partial charge in [0.05, 0.1) is 9.90 Å². The molecule has 7 heteroatoms. The predicted octanol–water partition coefficient (Wildman–Crippen LogP) is 5.13. The zero-order chi connectivity index (χ0) is 20.8. The Morgan fingerprint density at radius 1 is 1.24 bits per heavy atom. The predicted molar refractivity (Wildman–Crippen MR) is 119 cm³/mol. The molecule has 4 rings (SSSR count). The van der Waals surface area contributed by atoms with E-state index in [0.717, 1.165) is 66.2 Å². The molecule has 1 fully saturated rings. The minimum atomic E-state index is -0.319. The minimum Gasteiger partial charge on any atom is -0.444 e. The highest BCUT2D eigenvalue weighted by molar-refractivity contribution is 7.18. The number of benzene rings is 1. The van der Waals surface area contributed by atoms with Crippen LogP contribution >= 0.6 is 22.9 Å². The number of hydrogen-bond donors (Lipinski definition) is 0. The molecule has 0 aliphatic carbocycles. The second-order valence-corrected chi connectivity index (χ2v) is 10.1. The Hall–Kier alpha value is -1.89. The van der Waals surface area contributed by atoms with Gasteiger partial charge in [0, 0.05) is 38.1 Å². The molecule has 2 aromatic rings. The van der Waals surface area contributed by atoms with Gasteiger partial charge in [-0.25, -0.2) is 4.99 Å². The summed E-state index contributed by atoms with van der Waals surface area (Å²) in [7, 11) is 0. The fourth-order valence-electron chi connectivity index (χ4n) is 3.68. The molecule has 0 spiro atoms. The first kappa shape index (κ1) is 20.4. The molecule has 0 amide bonds. The maximum atomic E-state index is 11.9. The van der Waals surface area contributed by atoms with Crippen molar-refractivity contribution in [2.45, 2.75) is 27.7 Å². The number of fused-ring (bicyclic) bond motifs is 2. The van der Waals surface area contributed by atoms with Crippen LogP contribution in [0, 0.1) is 12.3 Å². The van der Waals surface area contributed by atoms with E-state index in [-0.39, 0.29) is 11.2 Å². The molecular weight excluding hydrogens is 406 g/mol. The fourth-order valence-corrected chi connectivity index (χ4v) is 4.74. The first-order valence-electron chi connectivity index (χ1n) is 9.88. The van der Waals surface area contributed by atoms with Gasteiger partial charge in [-0.3, -0.25) is 9.69 Å². The van der Waals surface area contributed by atoms with Gasteiger partial charge >= 0.3 is 0 Å². The average molecular weight is 432 g/mol. The van der Waals surface area contributed by atoms with Crippen LogP contribution in [0.25, 0.3) is 0 Å². The topological polar surface area (TPSA) is 45.1 Å². The zero-order valence-electron chi connectivity index (χ0n) is 17.3. The SMILES string of the molecule is CC(=O)C(C)(C)CN1CCN(C2=Nc3ccc(C)cc3Oc3sc(Cl)cc32)CC1. The summed E-state index contributed by atoms with van der Waals surface area (Å²) >= 11 is 7.76. The Morgan fingerprint density at radius 3 is 2.66 bits per heavy atom. The number of thiophene rings is 1. The Bertz CT molecular complexity index is 974. The molecule has 0 radical (unpaired) electrons. The van der Waals surface area contributed by atoms with Crippen LogP contribution in [0.2, 0.25) is 4.34 Å². The number of hydrogen-bond acceptors (Lipinski definition) is 6. The third-order valence-electron chi connectivity index (χ3n) is 5.70. The van der Waals surface area contributed by atoms with E-state index in [1.165, 1.54) is 11.3 Å². The van der Waals surface area contributed by atoms with E-state index in [4.69, 9.17) is 21.3 Å². The Balaban J connectivity index is 1.59. The van der Waals surface area contributed by atoms with Gasteiger partial charge in [0.1, 0.15) is 17.3 Å². The van der Waals surface area contributed by atoms with Crippen molar-refractivity contribution in [3.8, 4) is 10.8 Å². The maximum Gasteiger partial charge on any atom is 0.193 e. The van der Waals surface area contributed by atoms with Crippen LogP contribution in [0.1, 0.15) is 31.9 Å². The zero-order valence-corrected chi connectivity index (χ0v) is 18.9. The summed E-state index contributed by atoms with van der Waals surface area (Å²) in [5.41, 5.74) is 2.60. The second-order valence-electron chi connectivity index (χ2n) is 8.46. The molecule has 1 aromatic carbocycles. The van der Waals surface area contributed by atoms with Crippen molar-refractivity contribution in [3.63, 3.8) is 0 Å². The summed E-state index contributed by atoms with van der Waals surface area (Å²) in [6.07, 6.45) is 0. The first-order chi connectivity index (χ1) is 13.7. The lowest BCUT2D eigenvalue weighted by molar-refractivity contribution is -0.126. The molecule has 2 aliphatic heterocycles. The fraction of sp³-hybridized carbons (Fsp3) is 0.455. The minimum absolute atomic E-state index is 0.231. The number of piperazine rings is 1. The first-order valence-corrected chi connectivity index (χ1v) is 11.1. The van der Waals surface area contributed by atoms with Crippen LogP contribution < -0.4 is 4.74 Å². The van der Waals surface area contributed by atoms with Crippen molar-refractivity contribution in [1.82, 2.24) is 9.80 Å². The Labute approximate surface area is 180 Å². The van der Waals surface area contributed by atoms with Crippen molar-refractivity contribution < 1.29 is 9.53 Å². The van der Waals surface area contributed by atoms with Gasteiger partial charge < -0.3 is 9.64 Å². The van der Waals surface area contributed by atoms with Gasteiger partial charge in [-0.05, 0) is 37.6 Å². The molecule has 0 N–H and O–H groups in total. The van der Waals surface area contributed by atoms with Gasteiger partial charge in [0.2, 0.25) is 0 Å². The van der Waals surface area contributed by atoms with E-state index < -0.39 is 0 Å². The molecule has 0 saturated carbocycles. The van der Waals surface area contributed by atoms with Gasteiger partial charge in [-0.2, -0.15) is 0 Å². The van der Waals surface area contributed by atoms with Gasteiger partial charge in [-0.1, -0.05) is 42.9 Å². The number of ketones is 1. The lowest BCUT2D eigenvalue weighted by atomic mass is 9.88. The highest BCUT2D eigenvalue weighted by Crippen LogP contribution is 2.44. The third-order valence-corrected chi connectivity index (χ3v) is 6.84.